The maximum Gasteiger partial charge on any atom is 0.336 e. The Bertz CT molecular complexity index is 1650. The SMILES string of the molecule is Cc1cc(=O)oc2c3c(cc(OCC(=O)N4CC5CC(C4)c4ccc([N+](=O)[O-])c(=O)n4C5)c12)OC(C)(C)CC3. The molecule has 1 saturated heterocycles. The number of carbonyl (C=O) groups excluding carboxylic acids is 1. The van der Waals surface area contributed by atoms with E-state index in [9.17, 15) is 24.5 Å². The molecule has 3 aromatic rings. The van der Waals surface area contributed by atoms with Crippen LogP contribution < -0.4 is 20.7 Å². The minimum absolute atomic E-state index is 0.0108. The van der Waals surface area contributed by atoms with Crippen molar-refractivity contribution in [3.8, 4) is 11.5 Å². The van der Waals surface area contributed by atoms with Crippen LogP contribution in [-0.2, 0) is 17.8 Å². The molecular weight excluding hydrogens is 506 g/mol. The largest absolute Gasteiger partial charge is 0.487 e. The molecule has 2 atom stereocenters. The lowest BCUT2D eigenvalue weighted by molar-refractivity contribution is -0.386. The average molecular weight is 536 g/mol. The minimum Gasteiger partial charge on any atom is -0.487 e. The molecule has 0 N–H and O–H groups in total. The van der Waals surface area contributed by atoms with Gasteiger partial charge in [0.25, 0.3) is 5.91 Å². The van der Waals surface area contributed by atoms with E-state index in [4.69, 9.17) is 13.9 Å². The summed E-state index contributed by atoms with van der Waals surface area (Å²) >= 11 is 0. The number of hydrogen-bond acceptors (Lipinski definition) is 8. The molecule has 204 valence electrons. The van der Waals surface area contributed by atoms with E-state index in [2.05, 4.69) is 0 Å². The Morgan fingerprint density at radius 2 is 2.00 bits per heavy atom. The third-order valence-electron chi connectivity index (χ3n) is 8.09. The second kappa shape index (κ2) is 8.96. The van der Waals surface area contributed by atoms with Crippen molar-refractivity contribution in [2.45, 2.75) is 58.1 Å². The molecule has 3 aliphatic rings. The number of piperidine rings is 1. The molecule has 2 bridgehead atoms. The molecule has 11 heteroatoms. The predicted molar refractivity (Wildman–Crippen MR) is 141 cm³/mol. The number of carbonyl (C=O) groups is 1. The number of likely N-dealkylation sites (tertiary alicyclic amines) is 1. The lowest BCUT2D eigenvalue weighted by atomic mass is 9.83. The van der Waals surface area contributed by atoms with Gasteiger partial charge in [-0.2, -0.15) is 0 Å². The van der Waals surface area contributed by atoms with Gasteiger partial charge in [0.05, 0.1) is 10.3 Å². The highest BCUT2D eigenvalue weighted by Crippen LogP contribution is 2.43. The molecule has 3 aliphatic heterocycles. The van der Waals surface area contributed by atoms with Crippen LogP contribution in [0.15, 0.2) is 38.3 Å². The number of nitro groups is 1. The van der Waals surface area contributed by atoms with Gasteiger partial charge in [-0.15, -0.1) is 0 Å². The number of fused-ring (bicyclic) bond motifs is 7. The van der Waals surface area contributed by atoms with Crippen molar-refractivity contribution >= 4 is 22.6 Å². The van der Waals surface area contributed by atoms with E-state index < -0.39 is 21.8 Å². The first-order valence-electron chi connectivity index (χ1n) is 13.1. The van der Waals surface area contributed by atoms with Gasteiger partial charge in [-0.25, -0.2) is 4.79 Å². The first-order chi connectivity index (χ1) is 18.5. The summed E-state index contributed by atoms with van der Waals surface area (Å²) in [6.45, 7) is 6.74. The highest BCUT2D eigenvalue weighted by molar-refractivity contribution is 5.91. The highest BCUT2D eigenvalue weighted by atomic mass is 16.6. The van der Waals surface area contributed by atoms with E-state index in [-0.39, 0.29) is 30.0 Å². The molecule has 1 amide bonds. The number of ether oxygens (including phenoxy) is 2. The smallest absolute Gasteiger partial charge is 0.336 e. The summed E-state index contributed by atoms with van der Waals surface area (Å²) < 4.78 is 19.4. The second-order valence-electron chi connectivity index (χ2n) is 11.4. The molecule has 39 heavy (non-hydrogen) atoms. The van der Waals surface area contributed by atoms with Crippen molar-refractivity contribution in [1.82, 2.24) is 9.47 Å². The third kappa shape index (κ3) is 4.35. The summed E-state index contributed by atoms with van der Waals surface area (Å²) in [5, 5.41) is 11.9. The van der Waals surface area contributed by atoms with Crippen molar-refractivity contribution in [2.24, 2.45) is 5.92 Å². The van der Waals surface area contributed by atoms with Gasteiger partial charge in [0, 0.05) is 55.0 Å². The number of amides is 1. The number of rotatable bonds is 4. The van der Waals surface area contributed by atoms with Gasteiger partial charge in [-0.05, 0) is 57.6 Å². The molecule has 2 unspecified atom stereocenters. The summed E-state index contributed by atoms with van der Waals surface area (Å²) in [5.41, 5.74) is 0.789. The summed E-state index contributed by atoms with van der Waals surface area (Å²) in [6.07, 6.45) is 2.27. The van der Waals surface area contributed by atoms with Crippen molar-refractivity contribution in [3.63, 3.8) is 0 Å². The molecule has 0 aliphatic carbocycles. The number of aryl methyl sites for hydroxylation is 2. The van der Waals surface area contributed by atoms with Crippen molar-refractivity contribution in [1.29, 1.82) is 0 Å². The maximum absolute atomic E-state index is 13.3. The molecule has 1 fully saturated rings. The van der Waals surface area contributed by atoms with Gasteiger partial charge in [0.1, 0.15) is 22.7 Å². The van der Waals surface area contributed by atoms with Gasteiger partial charge in [0.15, 0.2) is 6.61 Å². The van der Waals surface area contributed by atoms with E-state index >= 15 is 0 Å². The molecule has 1 aromatic carbocycles. The molecule has 0 saturated carbocycles. The van der Waals surface area contributed by atoms with Crippen LogP contribution in [0.25, 0.3) is 11.0 Å². The normalized spacial score (nSPS) is 21.1. The molecule has 2 aromatic heterocycles. The van der Waals surface area contributed by atoms with E-state index in [1.54, 1.807) is 17.0 Å². The minimum atomic E-state index is -0.656. The van der Waals surface area contributed by atoms with Gasteiger partial charge in [-0.1, -0.05) is 0 Å². The summed E-state index contributed by atoms with van der Waals surface area (Å²) in [4.78, 5) is 50.5. The number of hydrogen-bond donors (Lipinski definition) is 0. The van der Waals surface area contributed by atoms with E-state index in [1.165, 1.54) is 16.7 Å². The average Bonchev–Trinajstić information content (AvgIpc) is 2.86. The zero-order valence-corrected chi connectivity index (χ0v) is 22.0. The van der Waals surface area contributed by atoms with Crippen LogP contribution in [0.3, 0.4) is 0 Å². The second-order valence-corrected chi connectivity index (χ2v) is 11.4. The first-order valence-corrected chi connectivity index (χ1v) is 13.1. The zero-order chi connectivity index (χ0) is 27.6. The highest BCUT2D eigenvalue weighted by Gasteiger charge is 2.38. The fraction of sp³-hybridized carbons (Fsp3) is 0.464. The van der Waals surface area contributed by atoms with Gasteiger partial charge < -0.3 is 23.4 Å². The van der Waals surface area contributed by atoms with E-state index in [0.717, 1.165) is 18.4 Å². The standard InChI is InChI=1S/C28H29N3O8/c1-15-8-24(33)38-26-18-6-7-28(2,3)39-21(18)10-22(25(15)26)37-14-23(32)29-11-16-9-17(13-29)19-4-5-20(31(35)36)27(34)30(19)12-16/h4-5,8,10,16-17H,6-7,9,11-14H2,1-3H3. The number of nitrogens with zero attached hydrogens (tertiary/aromatic N) is 3. The molecule has 11 nitrogen and oxygen atoms in total. The molecule has 0 spiro atoms. The summed E-state index contributed by atoms with van der Waals surface area (Å²) in [6, 6.07) is 6.07. The van der Waals surface area contributed by atoms with Gasteiger partial charge in [-0.3, -0.25) is 19.7 Å². The van der Waals surface area contributed by atoms with Crippen molar-refractivity contribution < 1.29 is 23.6 Å². The Kier molecular flexibility index (Phi) is 5.78. The summed E-state index contributed by atoms with van der Waals surface area (Å²) in [5.74, 6) is 0.712. The fourth-order valence-corrected chi connectivity index (χ4v) is 6.24. The first kappa shape index (κ1) is 25.1. The zero-order valence-electron chi connectivity index (χ0n) is 22.0. The van der Waals surface area contributed by atoms with Crippen molar-refractivity contribution in [2.75, 3.05) is 19.7 Å². The lowest BCUT2D eigenvalue weighted by Gasteiger charge is -2.42. The van der Waals surface area contributed by atoms with Crippen LogP contribution >= 0.6 is 0 Å². The Balaban J connectivity index is 1.25. The topological polar surface area (TPSA) is 134 Å². The Hall–Kier alpha value is -4.15. The van der Waals surface area contributed by atoms with Crippen molar-refractivity contribution in [3.05, 3.63) is 72.0 Å². The van der Waals surface area contributed by atoms with Gasteiger partial charge >= 0.3 is 16.9 Å². The van der Waals surface area contributed by atoms with E-state index in [0.29, 0.717) is 59.8 Å². The Labute approximate surface area is 223 Å². The van der Waals surface area contributed by atoms with Crippen LogP contribution in [0.5, 0.6) is 11.5 Å². The summed E-state index contributed by atoms with van der Waals surface area (Å²) in [7, 11) is 0. The lowest BCUT2D eigenvalue weighted by Crippen LogP contribution is -2.50. The molecule has 0 radical (unpaired) electrons. The number of pyridine rings is 1. The number of aromatic nitrogens is 1. The quantitative estimate of drug-likeness (QED) is 0.282. The van der Waals surface area contributed by atoms with Gasteiger partial charge in [0.2, 0.25) is 0 Å². The van der Waals surface area contributed by atoms with Crippen LogP contribution in [0, 0.1) is 23.0 Å². The van der Waals surface area contributed by atoms with Crippen LogP contribution in [0.1, 0.15) is 49.4 Å². The van der Waals surface area contributed by atoms with E-state index in [1.807, 2.05) is 20.8 Å². The monoisotopic (exact) mass is 535 g/mol. The maximum atomic E-state index is 13.3. The third-order valence-corrected chi connectivity index (χ3v) is 8.09. The Morgan fingerprint density at radius 3 is 2.77 bits per heavy atom. The fourth-order valence-electron chi connectivity index (χ4n) is 6.24. The molecular formula is C28H29N3O8. The van der Waals surface area contributed by atoms with Crippen LogP contribution in [-0.4, -0.2) is 45.6 Å². The predicted octanol–water partition coefficient (Wildman–Crippen LogP) is 3.30. The van der Waals surface area contributed by atoms with Crippen LogP contribution in [0.4, 0.5) is 5.69 Å². The number of benzene rings is 1. The molecule has 6 rings (SSSR count). The van der Waals surface area contributed by atoms with Crippen LogP contribution in [0.2, 0.25) is 0 Å². The Morgan fingerprint density at radius 1 is 1.21 bits per heavy atom. The molecule has 5 heterocycles.